The molecule has 1 saturated heterocycles. The molecular formula is C22H24FN3O3S2. The van der Waals surface area contributed by atoms with Gasteiger partial charge in [-0.3, -0.25) is 4.72 Å². The van der Waals surface area contributed by atoms with Crippen LogP contribution in [0.25, 0.3) is 10.4 Å². The Hall–Kier alpha value is -2.62. The first kappa shape index (κ1) is 21.6. The van der Waals surface area contributed by atoms with Crippen molar-refractivity contribution in [1.29, 1.82) is 0 Å². The molecule has 3 N–H and O–H groups in total. The third-order valence-corrected chi connectivity index (χ3v) is 8.11. The molecule has 1 fully saturated rings. The molecule has 1 aliphatic heterocycles. The summed E-state index contributed by atoms with van der Waals surface area (Å²) in [6.45, 7) is 5.74. The van der Waals surface area contributed by atoms with E-state index in [2.05, 4.69) is 28.8 Å². The Labute approximate surface area is 185 Å². The van der Waals surface area contributed by atoms with Crippen LogP contribution in [0.15, 0.2) is 58.8 Å². The van der Waals surface area contributed by atoms with E-state index in [1.807, 2.05) is 0 Å². The highest BCUT2D eigenvalue weighted by atomic mass is 32.2. The molecule has 0 amide bonds. The van der Waals surface area contributed by atoms with Crippen molar-refractivity contribution in [3.05, 3.63) is 60.4 Å². The van der Waals surface area contributed by atoms with Crippen molar-refractivity contribution in [3.8, 4) is 16.2 Å². The summed E-state index contributed by atoms with van der Waals surface area (Å²) in [6, 6.07) is 14.7. The van der Waals surface area contributed by atoms with Gasteiger partial charge < -0.3 is 15.3 Å². The number of piperazine rings is 1. The molecule has 6 nitrogen and oxygen atoms in total. The summed E-state index contributed by atoms with van der Waals surface area (Å²) < 4.78 is 42.5. The molecule has 0 radical (unpaired) electrons. The summed E-state index contributed by atoms with van der Waals surface area (Å²) in [6.07, 6.45) is 0. The fourth-order valence-corrected chi connectivity index (χ4v) is 6.20. The number of nitrogens with one attached hydrogen (secondary N) is 2. The minimum absolute atomic E-state index is 0.0416. The zero-order valence-corrected chi connectivity index (χ0v) is 18.8. The van der Waals surface area contributed by atoms with Crippen LogP contribution in [0.1, 0.15) is 13.8 Å². The number of anilines is 2. The SMILES string of the molecule is CC1CN(c2ccc(O)c(NS(=O)(=O)c3ccc(-c4ccccc4F)s3)c2)CC(C)N1. The predicted molar refractivity (Wildman–Crippen MR) is 123 cm³/mol. The number of nitrogens with zero attached hydrogens (tertiary/aromatic N) is 1. The van der Waals surface area contributed by atoms with Gasteiger partial charge in [0.15, 0.2) is 0 Å². The molecular weight excluding hydrogens is 437 g/mol. The Morgan fingerprint density at radius 3 is 2.52 bits per heavy atom. The van der Waals surface area contributed by atoms with Crippen LogP contribution < -0.4 is 14.9 Å². The Balaban J connectivity index is 1.59. The van der Waals surface area contributed by atoms with E-state index >= 15 is 0 Å². The third-order valence-electron chi connectivity index (χ3n) is 5.13. The fraction of sp³-hybridized carbons (Fsp3) is 0.273. The second-order valence-electron chi connectivity index (χ2n) is 7.78. The maximum atomic E-state index is 14.1. The van der Waals surface area contributed by atoms with Crippen LogP contribution in [0.4, 0.5) is 15.8 Å². The normalized spacial score (nSPS) is 19.4. The van der Waals surface area contributed by atoms with Crippen LogP contribution >= 0.6 is 11.3 Å². The minimum Gasteiger partial charge on any atom is -0.506 e. The summed E-state index contributed by atoms with van der Waals surface area (Å²) in [5.74, 6) is -0.569. The third kappa shape index (κ3) is 4.68. The van der Waals surface area contributed by atoms with Crippen LogP contribution in [0.5, 0.6) is 5.75 Å². The first-order valence-electron chi connectivity index (χ1n) is 9.94. The summed E-state index contributed by atoms with van der Waals surface area (Å²) in [7, 11) is -3.95. The number of phenolic OH excluding ortho intramolecular Hbond substituents is 1. The molecule has 2 aromatic carbocycles. The molecule has 0 saturated carbocycles. The highest BCUT2D eigenvalue weighted by molar-refractivity contribution is 7.94. The van der Waals surface area contributed by atoms with E-state index in [1.165, 1.54) is 18.2 Å². The lowest BCUT2D eigenvalue weighted by Crippen LogP contribution is -2.54. The number of benzene rings is 2. The average Bonchev–Trinajstić information content (AvgIpc) is 3.20. The largest absolute Gasteiger partial charge is 0.506 e. The number of aromatic hydroxyl groups is 1. The van der Waals surface area contributed by atoms with Gasteiger partial charge in [-0.2, -0.15) is 0 Å². The van der Waals surface area contributed by atoms with Crippen LogP contribution in [-0.2, 0) is 10.0 Å². The second kappa shape index (κ2) is 8.49. The van der Waals surface area contributed by atoms with Crippen LogP contribution in [0.2, 0.25) is 0 Å². The molecule has 0 bridgehead atoms. The van der Waals surface area contributed by atoms with Crippen LogP contribution in [0, 0.1) is 5.82 Å². The van der Waals surface area contributed by atoms with Gasteiger partial charge in [-0.15, -0.1) is 11.3 Å². The van der Waals surface area contributed by atoms with Gasteiger partial charge in [-0.25, -0.2) is 12.8 Å². The molecule has 4 rings (SSSR count). The number of hydrogen-bond donors (Lipinski definition) is 3. The quantitative estimate of drug-likeness (QED) is 0.495. The van der Waals surface area contributed by atoms with E-state index in [4.69, 9.17) is 0 Å². The molecule has 0 spiro atoms. The standard InChI is InChI=1S/C22H24FN3O3S2/c1-14-12-26(13-15(2)24-14)16-7-8-20(27)19(11-16)25-31(28,29)22-10-9-21(30-22)17-5-3-4-6-18(17)23/h3-11,14-15,24-25,27H,12-13H2,1-2H3. The second-order valence-corrected chi connectivity index (χ2v) is 10.8. The molecule has 2 unspecified atom stereocenters. The molecule has 9 heteroatoms. The first-order chi connectivity index (χ1) is 14.7. The predicted octanol–water partition coefficient (Wildman–Crippen LogP) is 4.25. The molecule has 164 valence electrons. The van der Waals surface area contributed by atoms with E-state index in [1.54, 1.807) is 36.4 Å². The van der Waals surface area contributed by atoms with Crippen LogP contribution in [0.3, 0.4) is 0 Å². The number of rotatable bonds is 5. The maximum Gasteiger partial charge on any atom is 0.271 e. The number of thiophene rings is 1. The maximum absolute atomic E-state index is 14.1. The Morgan fingerprint density at radius 1 is 1.10 bits per heavy atom. The highest BCUT2D eigenvalue weighted by Crippen LogP contribution is 2.35. The van der Waals surface area contributed by atoms with E-state index in [0.29, 0.717) is 22.5 Å². The Kier molecular flexibility index (Phi) is 5.92. The van der Waals surface area contributed by atoms with Gasteiger partial charge in [0, 0.05) is 41.3 Å². The first-order valence-corrected chi connectivity index (χ1v) is 12.2. The van der Waals surface area contributed by atoms with E-state index in [-0.39, 0.29) is 15.6 Å². The number of hydrogen-bond acceptors (Lipinski definition) is 6. The summed E-state index contributed by atoms with van der Waals surface area (Å²) in [4.78, 5) is 2.67. The topological polar surface area (TPSA) is 81.7 Å². The zero-order chi connectivity index (χ0) is 22.2. The number of halogens is 1. The Bertz CT molecular complexity index is 1190. The average molecular weight is 462 g/mol. The smallest absolute Gasteiger partial charge is 0.271 e. The van der Waals surface area contributed by atoms with Crippen molar-refractivity contribution >= 4 is 32.7 Å². The van der Waals surface area contributed by atoms with E-state index in [9.17, 15) is 17.9 Å². The van der Waals surface area contributed by atoms with Crippen molar-refractivity contribution in [2.24, 2.45) is 0 Å². The summed E-state index contributed by atoms with van der Waals surface area (Å²) >= 11 is 0.974. The number of sulfonamides is 1. The lowest BCUT2D eigenvalue weighted by atomic mass is 10.1. The van der Waals surface area contributed by atoms with Crippen LogP contribution in [-0.4, -0.2) is 38.7 Å². The zero-order valence-electron chi connectivity index (χ0n) is 17.2. The van der Waals surface area contributed by atoms with Gasteiger partial charge in [-0.05, 0) is 50.2 Å². The van der Waals surface area contributed by atoms with Crippen molar-refractivity contribution in [2.75, 3.05) is 22.7 Å². The fourth-order valence-electron chi connectivity index (χ4n) is 3.81. The molecule has 1 aromatic heterocycles. The molecule has 3 aromatic rings. The van der Waals surface area contributed by atoms with Crippen molar-refractivity contribution in [3.63, 3.8) is 0 Å². The van der Waals surface area contributed by atoms with Crippen molar-refractivity contribution < 1.29 is 17.9 Å². The molecule has 2 heterocycles. The number of phenols is 1. The summed E-state index contributed by atoms with van der Waals surface area (Å²) in [5.41, 5.74) is 1.28. The molecule has 2 atom stereocenters. The van der Waals surface area contributed by atoms with E-state index in [0.717, 1.165) is 30.1 Å². The van der Waals surface area contributed by atoms with Gasteiger partial charge in [-0.1, -0.05) is 18.2 Å². The van der Waals surface area contributed by atoms with Gasteiger partial charge in [0.2, 0.25) is 0 Å². The van der Waals surface area contributed by atoms with Crippen molar-refractivity contribution in [1.82, 2.24) is 5.32 Å². The van der Waals surface area contributed by atoms with Gasteiger partial charge in [0.1, 0.15) is 15.8 Å². The minimum atomic E-state index is -3.95. The Morgan fingerprint density at radius 2 is 1.81 bits per heavy atom. The molecule has 0 aliphatic carbocycles. The summed E-state index contributed by atoms with van der Waals surface area (Å²) in [5, 5.41) is 13.7. The molecule has 1 aliphatic rings. The lowest BCUT2D eigenvalue weighted by Gasteiger charge is -2.37. The van der Waals surface area contributed by atoms with Gasteiger partial charge in [0.05, 0.1) is 5.69 Å². The monoisotopic (exact) mass is 461 g/mol. The lowest BCUT2D eigenvalue weighted by molar-refractivity contribution is 0.407. The van der Waals surface area contributed by atoms with E-state index < -0.39 is 15.8 Å². The van der Waals surface area contributed by atoms with Gasteiger partial charge in [0.25, 0.3) is 10.0 Å². The molecule has 31 heavy (non-hydrogen) atoms. The van der Waals surface area contributed by atoms with Crippen molar-refractivity contribution in [2.45, 2.75) is 30.1 Å². The van der Waals surface area contributed by atoms with Gasteiger partial charge >= 0.3 is 0 Å². The highest BCUT2D eigenvalue weighted by Gasteiger charge is 2.24.